The predicted octanol–water partition coefficient (Wildman–Crippen LogP) is 2.15. The van der Waals surface area contributed by atoms with Crippen LogP contribution in [0.3, 0.4) is 0 Å². The maximum atomic E-state index is 4.42. The number of rotatable bonds is 4. The van der Waals surface area contributed by atoms with Crippen LogP contribution in [0.2, 0.25) is 0 Å². The van der Waals surface area contributed by atoms with Gasteiger partial charge >= 0.3 is 0 Å². The Hall–Kier alpha value is -0.610. The Bertz CT molecular complexity index is 326. The van der Waals surface area contributed by atoms with E-state index in [0.29, 0.717) is 0 Å². The smallest absolute Gasteiger partial charge is 0.142 e. The van der Waals surface area contributed by atoms with Gasteiger partial charge in [0.25, 0.3) is 0 Å². The molecule has 1 aromatic rings. The Morgan fingerprint density at radius 1 is 1.27 bits per heavy atom. The Morgan fingerprint density at radius 2 is 1.93 bits per heavy atom. The van der Waals surface area contributed by atoms with Crippen molar-refractivity contribution in [2.24, 2.45) is 0 Å². The molecule has 3 nitrogen and oxygen atoms in total. The van der Waals surface area contributed by atoms with Gasteiger partial charge in [0.05, 0.1) is 4.47 Å². The monoisotopic (exact) mass is 271 g/mol. The van der Waals surface area contributed by atoms with Crippen molar-refractivity contribution in [3.05, 3.63) is 22.3 Å². The van der Waals surface area contributed by atoms with Crippen LogP contribution in [0.1, 0.15) is 5.56 Å². The van der Waals surface area contributed by atoms with E-state index in [0.717, 1.165) is 23.4 Å². The Balaban J connectivity index is 2.69. The summed E-state index contributed by atoms with van der Waals surface area (Å²) in [5.74, 6) is 1.00. The fourth-order valence-electron chi connectivity index (χ4n) is 1.26. The third kappa shape index (κ3) is 3.80. The number of nitrogens with zero attached hydrogens (tertiary/aromatic N) is 3. The van der Waals surface area contributed by atoms with Gasteiger partial charge < -0.3 is 9.80 Å². The number of hydrogen-bond donors (Lipinski definition) is 0. The van der Waals surface area contributed by atoms with E-state index in [4.69, 9.17) is 0 Å². The first-order valence-corrected chi connectivity index (χ1v) is 5.78. The number of hydrogen-bond acceptors (Lipinski definition) is 3. The van der Waals surface area contributed by atoms with Crippen molar-refractivity contribution < 1.29 is 0 Å². The van der Waals surface area contributed by atoms with Gasteiger partial charge in [0.1, 0.15) is 5.82 Å². The zero-order valence-corrected chi connectivity index (χ0v) is 11.4. The van der Waals surface area contributed by atoms with Crippen molar-refractivity contribution in [3.63, 3.8) is 0 Å². The lowest BCUT2D eigenvalue weighted by Gasteiger charge is -2.21. The first-order valence-electron chi connectivity index (χ1n) is 4.98. The van der Waals surface area contributed by atoms with E-state index < -0.39 is 0 Å². The second-order valence-corrected chi connectivity index (χ2v) is 4.90. The van der Waals surface area contributed by atoms with E-state index in [1.807, 2.05) is 13.1 Å². The third-order valence-electron chi connectivity index (χ3n) is 2.20. The number of halogens is 1. The molecule has 15 heavy (non-hydrogen) atoms. The summed E-state index contributed by atoms with van der Waals surface area (Å²) in [5, 5.41) is 0. The molecule has 1 rings (SSSR count). The zero-order chi connectivity index (χ0) is 11.4. The van der Waals surface area contributed by atoms with E-state index in [-0.39, 0.29) is 0 Å². The van der Waals surface area contributed by atoms with Gasteiger partial charge in [-0.15, -0.1) is 0 Å². The second-order valence-electron chi connectivity index (χ2n) is 4.04. The van der Waals surface area contributed by atoms with Gasteiger partial charge in [0.15, 0.2) is 0 Å². The third-order valence-corrected chi connectivity index (χ3v) is 2.79. The van der Waals surface area contributed by atoms with Crippen molar-refractivity contribution in [1.29, 1.82) is 0 Å². The summed E-state index contributed by atoms with van der Waals surface area (Å²) in [6.45, 7) is 4.04. The molecule has 0 radical (unpaired) electrons. The topological polar surface area (TPSA) is 19.4 Å². The standard InChI is InChI=1S/C11H18BrN3/c1-9-7-10(12)11(13-8-9)15(4)6-5-14(2)3/h7-8H,5-6H2,1-4H3. The first-order chi connectivity index (χ1) is 7.00. The number of aryl methyl sites for hydroxylation is 1. The molecule has 0 bridgehead atoms. The van der Waals surface area contributed by atoms with Crippen LogP contribution >= 0.6 is 15.9 Å². The van der Waals surface area contributed by atoms with Crippen LogP contribution in [-0.2, 0) is 0 Å². The number of likely N-dealkylation sites (N-methyl/N-ethyl adjacent to an activating group) is 2. The molecule has 0 amide bonds. The lowest BCUT2D eigenvalue weighted by atomic mass is 10.3. The molecular formula is C11H18BrN3. The van der Waals surface area contributed by atoms with E-state index in [9.17, 15) is 0 Å². The van der Waals surface area contributed by atoms with Gasteiger partial charge in [-0.1, -0.05) is 0 Å². The fraction of sp³-hybridized carbons (Fsp3) is 0.545. The van der Waals surface area contributed by atoms with Crippen LogP contribution in [0.4, 0.5) is 5.82 Å². The van der Waals surface area contributed by atoms with E-state index in [1.54, 1.807) is 0 Å². The normalized spacial score (nSPS) is 10.8. The fourth-order valence-corrected chi connectivity index (χ4v) is 2.03. The van der Waals surface area contributed by atoms with Gasteiger partial charge in [-0.05, 0) is 48.6 Å². The minimum absolute atomic E-state index is 0.974. The molecule has 0 N–H and O–H groups in total. The van der Waals surface area contributed by atoms with E-state index >= 15 is 0 Å². The molecule has 84 valence electrons. The van der Waals surface area contributed by atoms with Gasteiger partial charge in [-0.3, -0.25) is 0 Å². The van der Waals surface area contributed by atoms with Gasteiger partial charge in [-0.25, -0.2) is 4.98 Å². The van der Waals surface area contributed by atoms with Gasteiger partial charge in [0, 0.05) is 26.3 Å². The van der Waals surface area contributed by atoms with Crippen LogP contribution in [0, 0.1) is 6.92 Å². The molecule has 0 saturated carbocycles. The van der Waals surface area contributed by atoms with Gasteiger partial charge in [-0.2, -0.15) is 0 Å². The van der Waals surface area contributed by atoms with Crippen molar-refractivity contribution in [3.8, 4) is 0 Å². The van der Waals surface area contributed by atoms with Crippen molar-refractivity contribution in [2.45, 2.75) is 6.92 Å². The SMILES string of the molecule is Cc1cnc(N(C)CCN(C)C)c(Br)c1. The molecule has 0 unspecified atom stereocenters. The number of pyridine rings is 1. The molecule has 0 aliphatic carbocycles. The molecule has 1 heterocycles. The summed E-state index contributed by atoms with van der Waals surface area (Å²) in [5.41, 5.74) is 1.17. The lowest BCUT2D eigenvalue weighted by Crippen LogP contribution is -2.29. The maximum Gasteiger partial charge on any atom is 0.142 e. The predicted molar refractivity (Wildman–Crippen MR) is 68.5 cm³/mol. The minimum atomic E-state index is 0.974. The van der Waals surface area contributed by atoms with Crippen LogP contribution in [-0.4, -0.2) is 44.1 Å². The summed E-state index contributed by atoms with van der Waals surface area (Å²) in [4.78, 5) is 8.74. The van der Waals surface area contributed by atoms with Crippen LogP contribution in [0.15, 0.2) is 16.7 Å². The maximum absolute atomic E-state index is 4.42. The molecular weight excluding hydrogens is 254 g/mol. The van der Waals surface area contributed by atoms with E-state index in [2.05, 4.69) is 57.9 Å². The first kappa shape index (κ1) is 12.5. The molecule has 0 aliphatic rings. The Morgan fingerprint density at radius 3 is 2.47 bits per heavy atom. The van der Waals surface area contributed by atoms with E-state index in [1.165, 1.54) is 5.56 Å². The molecule has 4 heteroatoms. The average Bonchev–Trinajstić information content (AvgIpc) is 2.14. The molecule has 1 aromatic heterocycles. The summed E-state index contributed by atoms with van der Waals surface area (Å²) < 4.78 is 1.06. The zero-order valence-electron chi connectivity index (χ0n) is 9.79. The molecule has 0 aliphatic heterocycles. The van der Waals surface area contributed by atoms with Crippen LogP contribution in [0.5, 0.6) is 0 Å². The summed E-state index contributed by atoms with van der Waals surface area (Å²) in [7, 11) is 6.21. The highest BCUT2D eigenvalue weighted by Crippen LogP contribution is 2.23. The van der Waals surface area contributed by atoms with Crippen LogP contribution < -0.4 is 4.90 Å². The average molecular weight is 272 g/mol. The van der Waals surface area contributed by atoms with Gasteiger partial charge in [0.2, 0.25) is 0 Å². The van der Waals surface area contributed by atoms with Crippen LogP contribution in [0.25, 0.3) is 0 Å². The summed E-state index contributed by atoms with van der Waals surface area (Å²) >= 11 is 3.54. The highest BCUT2D eigenvalue weighted by molar-refractivity contribution is 9.10. The number of anilines is 1. The van der Waals surface area contributed by atoms with Crippen molar-refractivity contribution in [2.75, 3.05) is 39.1 Å². The van der Waals surface area contributed by atoms with Crippen molar-refractivity contribution >= 4 is 21.7 Å². The second kappa shape index (κ2) is 5.47. The van der Waals surface area contributed by atoms with Crippen molar-refractivity contribution in [1.82, 2.24) is 9.88 Å². The molecule has 0 atom stereocenters. The molecule has 0 spiro atoms. The largest absolute Gasteiger partial charge is 0.357 e. The Labute approximate surface area is 100 Å². The summed E-state index contributed by atoms with van der Waals surface area (Å²) in [6, 6.07) is 2.09. The molecule has 0 aromatic carbocycles. The Kier molecular flexibility index (Phi) is 4.54. The summed E-state index contributed by atoms with van der Waals surface area (Å²) in [6.07, 6.45) is 1.90. The highest BCUT2D eigenvalue weighted by Gasteiger charge is 2.07. The quantitative estimate of drug-likeness (QED) is 0.837. The number of aromatic nitrogens is 1. The molecule has 0 saturated heterocycles. The highest BCUT2D eigenvalue weighted by atomic mass is 79.9. The minimum Gasteiger partial charge on any atom is -0.357 e. The lowest BCUT2D eigenvalue weighted by molar-refractivity contribution is 0.416. The molecule has 0 fully saturated rings.